The van der Waals surface area contributed by atoms with Crippen molar-refractivity contribution >= 4 is 11.8 Å². The van der Waals surface area contributed by atoms with Crippen LogP contribution in [0.25, 0.3) is 0 Å². The van der Waals surface area contributed by atoms with Gasteiger partial charge in [-0.2, -0.15) is 0 Å². The fourth-order valence-electron chi connectivity index (χ4n) is 2.42. The van der Waals surface area contributed by atoms with Gasteiger partial charge in [-0.25, -0.2) is 0 Å². The maximum atomic E-state index is 10.4. The zero-order chi connectivity index (χ0) is 15.2. The Bertz CT molecular complexity index is 548. The van der Waals surface area contributed by atoms with E-state index >= 15 is 0 Å². The second-order valence-corrected chi connectivity index (χ2v) is 6.51. The molecule has 0 radical (unpaired) electrons. The molecule has 112 valence electrons. The Morgan fingerprint density at radius 1 is 1.05 bits per heavy atom. The van der Waals surface area contributed by atoms with Crippen LogP contribution in [-0.2, 0) is 4.74 Å². The number of benzene rings is 2. The maximum Gasteiger partial charge on any atom is 0.0936 e. The zero-order valence-electron chi connectivity index (χ0n) is 12.7. The van der Waals surface area contributed by atoms with E-state index in [1.54, 1.807) is 18.9 Å². The highest BCUT2D eigenvalue weighted by atomic mass is 32.2. The average molecular weight is 302 g/mol. The number of rotatable bonds is 6. The Balaban J connectivity index is 2.27. The first-order chi connectivity index (χ1) is 10.1. The van der Waals surface area contributed by atoms with Crippen LogP contribution in [0.1, 0.15) is 21.9 Å². The Morgan fingerprint density at radius 3 is 2.24 bits per heavy atom. The van der Waals surface area contributed by atoms with E-state index in [9.17, 15) is 5.11 Å². The molecule has 0 fully saturated rings. The Kier molecular flexibility index (Phi) is 5.85. The number of hydrogen-bond acceptors (Lipinski definition) is 3. The summed E-state index contributed by atoms with van der Waals surface area (Å²) in [6.07, 6.45) is -0.539. The van der Waals surface area contributed by atoms with Crippen LogP contribution in [0.3, 0.4) is 0 Å². The molecule has 0 aliphatic rings. The molecule has 0 unspecified atom stereocenters. The van der Waals surface area contributed by atoms with Gasteiger partial charge in [-0.3, -0.25) is 0 Å². The van der Waals surface area contributed by atoms with E-state index in [1.165, 1.54) is 16.0 Å². The van der Waals surface area contributed by atoms with Gasteiger partial charge < -0.3 is 9.84 Å². The van der Waals surface area contributed by atoms with Gasteiger partial charge in [0.05, 0.1) is 18.0 Å². The van der Waals surface area contributed by atoms with Gasteiger partial charge >= 0.3 is 0 Å². The predicted octanol–water partition coefficient (Wildman–Crippen LogP) is 4.14. The first-order valence-electron chi connectivity index (χ1n) is 7.07. The van der Waals surface area contributed by atoms with Gasteiger partial charge in [0.1, 0.15) is 0 Å². The van der Waals surface area contributed by atoms with E-state index in [-0.39, 0.29) is 5.25 Å². The lowest BCUT2D eigenvalue weighted by molar-refractivity contribution is 0.0631. The van der Waals surface area contributed by atoms with Crippen LogP contribution >= 0.6 is 11.8 Å². The van der Waals surface area contributed by atoms with Crippen molar-refractivity contribution in [2.24, 2.45) is 0 Å². The van der Waals surface area contributed by atoms with Gasteiger partial charge in [0, 0.05) is 12.0 Å². The molecule has 3 heteroatoms. The fourth-order valence-corrected chi connectivity index (χ4v) is 3.75. The van der Waals surface area contributed by atoms with Crippen molar-refractivity contribution in [2.75, 3.05) is 13.7 Å². The van der Waals surface area contributed by atoms with Gasteiger partial charge in [0.2, 0.25) is 0 Å². The van der Waals surface area contributed by atoms with E-state index in [1.807, 2.05) is 18.2 Å². The third-order valence-corrected chi connectivity index (χ3v) is 4.62. The molecular weight excluding hydrogens is 280 g/mol. The van der Waals surface area contributed by atoms with Crippen molar-refractivity contribution in [1.82, 2.24) is 0 Å². The molecule has 0 aliphatic carbocycles. The lowest BCUT2D eigenvalue weighted by Gasteiger charge is -2.23. The maximum absolute atomic E-state index is 10.4. The highest BCUT2D eigenvalue weighted by molar-refractivity contribution is 7.99. The molecule has 21 heavy (non-hydrogen) atoms. The third-order valence-electron chi connectivity index (χ3n) is 3.27. The molecule has 2 atom stereocenters. The van der Waals surface area contributed by atoms with E-state index in [0.29, 0.717) is 6.61 Å². The largest absolute Gasteiger partial charge is 0.389 e. The Labute approximate surface area is 131 Å². The molecule has 2 rings (SSSR count). The van der Waals surface area contributed by atoms with Crippen LogP contribution in [-0.4, -0.2) is 24.9 Å². The first-order valence-corrected chi connectivity index (χ1v) is 7.95. The summed E-state index contributed by atoms with van der Waals surface area (Å²) in [4.78, 5) is 1.18. The summed E-state index contributed by atoms with van der Waals surface area (Å²) in [5.41, 5.74) is 3.60. The number of methoxy groups -OCH3 is 1. The van der Waals surface area contributed by atoms with Crippen LogP contribution in [0.2, 0.25) is 0 Å². The van der Waals surface area contributed by atoms with Gasteiger partial charge in [0.15, 0.2) is 0 Å². The van der Waals surface area contributed by atoms with E-state index < -0.39 is 6.10 Å². The monoisotopic (exact) mass is 302 g/mol. The number of hydrogen-bond donors (Lipinski definition) is 1. The Hall–Kier alpha value is -1.29. The molecule has 2 aromatic rings. The highest BCUT2D eigenvalue weighted by Gasteiger charge is 2.22. The van der Waals surface area contributed by atoms with Crippen LogP contribution in [0, 0.1) is 13.8 Å². The molecule has 1 N–H and O–H groups in total. The van der Waals surface area contributed by atoms with Gasteiger partial charge in [-0.15, -0.1) is 11.8 Å². The normalized spacial score (nSPS) is 13.9. The van der Waals surface area contributed by atoms with Crippen molar-refractivity contribution in [2.45, 2.75) is 30.1 Å². The SMILES string of the molecule is COC[C@H](O)[C@H](Sc1cc(C)cc(C)c1)c1ccccc1. The molecule has 0 heterocycles. The minimum Gasteiger partial charge on any atom is -0.389 e. The summed E-state index contributed by atoms with van der Waals surface area (Å²) in [5, 5.41) is 10.4. The van der Waals surface area contributed by atoms with Gasteiger partial charge in [0.25, 0.3) is 0 Å². The zero-order valence-corrected chi connectivity index (χ0v) is 13.6. The standard InChI is InChI=1S/C18H22O2S/c1-13-9-14(2)11-16(10-13)21-18(17(19)12-20-3)15-7-5-4-6-8-15/h4-11,17-19H,12H2,1-3H3/t17-,18+/m0/s1. The van der Waals surface area contributed by atoms with Crippen molar-refractivity contribution < 1.29 is 9.84 Å². The number of aliphatic hydroxyl groups is 1. The highest BCUT2D eigenvalue weighted by Crippen LogP contribution is 2.38. The smallest absolute Gasteiger partial charge is 0.0936 e. The second kappa shape index (κ2) is 7.64. The third kappa shape index (κ3) is 4.60. The molecule has 0 aromatic heterocycles. The van der Waals surface area contributed by atoms with Crippen LogP contribution < -0.4 is 0 Å². The molecular formula is C18H22O2S. The Morgan fingerprint density at radius 2 is 1.67 bits per heavy atom. The van der Waals surface area contributed by atoms with Gasteiger partial charge in [-0.1, -0.05) is 36.4 Å². The number of thioether (sulfide) groups is 1. The molecule has 2 aromatic carbocycles. The van der Waals surface area contributed by atoms with Crippen LogP contribution in [0.15, 0.2) is 53.4 Å². The van der Waals surface area contributed by atoms with Crippen LogP contribution in [0.5, 0.6) is 0 Å². The van der Waals surface area contributed by atoms with Gasteiger partial charge in [-0.05, 0) is 42.7 Å². The summed E-state index contributed by atoms with van der Waals surface area (Å²) in [6, 6.07) is 16.6. The quantitative estimate of drug-likeness (QED) is 0.813. The van der Waals surface area contributed by atoms with E-state index in [2.05, 4.69) is 44.2 Å². The topological polar surface area (TPSA) is 29.5 Å². The summed E-state index contributed by atoms with van der Waals surface area (Å²) in [5.74, 6) is 0. The minimum atomic E-state index is -0.539. The lowest BCUT2D eigenvalue weighted by atomic mass is 10.1. The molecule has 0 aliphatic heterocycles. The van der Waals surface area contributed by atoms with E-state index in [4.69, 9.17) is 4.74 Å². The van der Waals surface area contributed by atoms with Crippen LogP contribution in [0.4, 0.5) is 0 Å². The molecule has 0 amide bonds. The number of ether oxygens (including phenoxy) is 1. The lowest BCUT2D eigenvalue weighted by Crippen LogP contribution is -2.21. The number of aryl methyl sites for hydroxylation is 2. The molecule has 0 saturated carbocycles. The van der Waals surface area contributed by atoms with Crippen molar-refractivity contribution in [3.8, 4) is 0 Å². The second-order valence-electron chi connectivity index (χ2n) is 5.30. The summed E-state index contributed by atoms with van der Waals surface area (Å²) in [6.45, 7) is 4.53. The first kappa shape index (κ1) is 16.1. The average Bonchev–Trinajstić information content (AvgIpc) is 2.45. The molecule has 0 spiro atoms. The van der Waals surface area contributed by atoms with E-state index in [0.717, 1.165) is 5.56 Å². The molecule has 0 bridgehead atoms. The molecule has 2 nitrogen and oxygen atoms in total. The van der Waals surface area contributed by atoms with Crippen molar-refractivity contribution in [3.05, 3.63) is 65.2 Å². The fraction of sp³-hybridized carbons (Fsp3) is 0.333. The van der Waals surface area contributed by atoms with Crippen molar-refractivity contribution in [1.29, 1.82) is 0 Å². The predicted molar refractivity (Wildman–Crippen MR) is 88.8 cm³/mol. The summed E-state index contributed by atoms with van der Waals surface area (Å²) < 4.78 is 5.13. The summed E-state index contributed by atoms with van der Waals surface area (Å²) in [7, 11) is 1.62. The summed E-state index contributed by atoms with van der Waals surface area (Å²) >= 11 is 1.69. The van der Waals surface area contributed by atoms with Crippen molar-refractivity contribution in [3.63, 3.8) is 0 Å². The minimum absolute atomic E-state index is 0.0349. The molecule has 0 saturated heterocycles. The number of aliphatic hydroxyl groups excluding tert-OH is 1.